The van der Waals surface area contributed by atoms with Crippen molar-refractivity contribution >= 4 is 13.9 Å². The number of methoxy groups -OCH3 is 1. The fourth-order valence-corrected chi connectivity index (χ4v) is 4.52. The summed E-state index contributed by atoms with van der Waals surface area (Å²) < 4.78 is 51.0. The summed E-state index contributed by atoms with van der Waals surface area (Å²) in [6, 6.07) is 11.6. The van der Waals surface area contributed by atoms with E-state index < -0.39 is 16.9 Å². The minimum Gasteiger partial charge on any atom is -0.467 e. The highest BCUT2D eigenvalue weighted by molar-refractivity contribution is 7.48. The van der Waals surface area contributed by atoms with Gasteiger partial charge in [0, 0.05) is 17.8 Å². The first-order valence-corrected chi connectivity index (χ1v) is 9.39. The van der Waals surface area contributed by atoms with E-state index >= 15 is 0 Å². The summed E-state index contributed by atoms with van der Waals surface area (Å²) in [7, 11) is 1.50. The van der Waals surface area contributed by atoms with Crippen molar-refractivity contribution in [3.8, 4) is 5.75 Å². The maximum absolute atomic E-state index is 13.4. The van der Waals surface area contributed by atoms with Crippen molar-refractivity contribution in [2.45, 2.75) is 38.5 Å². The predicted molar refractivity (Wildman–Crippen MR) is 101 cm³/mol. The first-order valence-electron chi connectivity index (χ1n) is 8.39. The lowest BCUT2D eigenvalue weighted by Gasteiger charge is -2.32. The lowest BCUT2D eigenvalue weighted by molar-refractivity contribution is -0.136. The van der Waals surface area contributed by atoms with Crippen LogP contribution in [-0.4, -0.2) is 13.9 Å². The minimum atomic E-state index is -4.36. The van der Waals surface area contributed by atoms with E-state index in [1.165, 1.54) is 13.2 Å². The highest BCUT2D eigenvalue weighted by atomic mass is 31.1. The normalized spacial score (nSPS) is 14.6. The molecular formula is C20H24F3O2P. The molecule has 142 valence electrons. The second-order valence-corrected chi connectivity index (χ2v) is 8.25. The Morgan fingerprint density at radius 2 is 1.65 bits per heavy atom. The third-order valence-corrected chi connectivity index (χ3v) is 6.36. The maximum atomic E-state index is 13.4. The summed E-state index contributed by atoms with van der Waals surface area (Å²) in [6.45, 7) is 6.01. The van der Waals surface area contributed by atoms with Gasteiger partial charge in [0.15, 0.2) is 6.79 Å². The fourth-order valence-electron chi connectivity index (χ4n) is 2.88. The smallest absolute Gasteiger partial charge is 0.417 e. The van der Waals surface area contributed by atoms with E-state index in [0.717, 1.165) is 17.2 Å². The molecule has 0 saturated carbocycles. The van der Waals surface area contributed by atoms with Crippen molar-refractivity contribution in [3.63, 3.8) is 0 Å². The zero-order valence-electron chi connectivity index (χ0n) is 15.4. The molecule has 0 aromatic heterocycles. The molecular weight excluding hydrogens is 360 g/mol. The Morgan fingerprint density at radius 3 is 2.27 bits per heavy atom. The molecule has 2 aromatic rings. The average Bonchev–Trinajstić information content (AvgIpc) is 2.60. The molecule has 0 aliphatic heterocycles. The van der Waals surface area contributed by atoms with Crippen molar-refractivity contribution in [2.75, 3.05) is 13.9 Å². The Hall–Kier alpha value is -1.58. The van der Waals surface area contributed by atoms with Crippen molar-refractivity contribution in [2.24, 2.45) is 0 Å². The largest absolute Gasteiger partial charge is 0.467 e. The molecule has 0 spiro atoms. The van der Waals surface area contributed by atoms with Crippen molar-refractivity contribution < 1.29 is 22.6 Å². The molecule has 0 aliphatic rings. The molecule has 0 radical (unpaired) electrons. The standard InChI is InChI=1S/C20H24F3O2P/c1-5-19(3,16-11-8-9-14(2)18(16)25-13-24-4)26-17-12-7-6-10-15(17)20(21,22)23/h6-12,26H,5,13H2,1-4H3. The number of aryl methyl sites for hydroxylation is 1. The Morgan fingerprint density at radius 1 is 1.00 bits per heavy atom. The van der Waals surface area contributed by atoms with Gasteiger partial charge in [-0.25, -0.2) is 0 Å². The zero-order valence-corrected chi connectivity index (χ0v) is 16.4. The monoisotopic (exact) mass is 384 g/mol. The quantitative estimate of drug-likeness (QED) is 0.455. The van der Waals surface area contributed by atoms with Gasteiger partial charge in [-0.15, -0.1) is 0 Å². The number of hydrogen-bond acceptors (Lipinski definition) is 2. The summed E-state index contributed by atoms with van der Waals surface area (Å²) in [6.07, 6.45) is -3.68. The van der Waals surface area contributed by atoms with Crippen LogP contribution in [0.5, 0.6) is 5.75 Å². The lowest BCUT2D eigenvalue weighted by Crippen LogP contribution is -2.24. The van der Waals surface area contributed by atoms with E-state index in [2.05, 4.69) is 0 Å². The summed E-state index contributed by atoms with van der Waals surface area (Å²) >= 11 is 0. The first kappa shape index (κ1) is 20.7. The van der Waals surface area contributed by atoms with E-state index in [9.17, 15) is 13.2 Å². The van der Waals surface area contributed by atoms with Gasteiger partial charge < -0.3 is 9.47 Å². The number of hydrogen-bond donors (Lipinski definition) is 0. The van der Waals surface area contributed by atoms with Gasteiger partial charge in [-0.2, -0.15) is 13.2 Å². The van der Waals surface area contributed by atoms with Crippen LogP contribution in [0.25, 0.3) is 0 Å². The van der Waals surface area contributed by atoms with Gasteiger partial charge in [-0.3, -0.25) is 0 Å². The summed E-state index contributed by atoms with van der Waals surface area (Å²) in [5.74, 6) is 0.690. The van der Waals surface area contributed by atoms with Crippen molar-refractivity contribution in [3.05, 3.63) is 59.2 Å². The second kappa shape index (κ2) is 8.41. The summed E-state index contributed by atoms with van der Waals surface area (Å²) in [4.78, 5) is 0. The van der Waals surface area contributed by atoms with E-state index in [-0.39, 0.29) is 15.4 Å². The molecule has 2 nitrogen and oxygen atoms in total. The Balaban J connectivity index is 2.50. The van der Waals surface area contributed by atoms with Gasteiger partial charge in [0.05, 0.1) is 5.56 Å². The molecule has 0 heterocycles. The van der Waals surface area contributed by atoms with E-state index in [4.69, 9.17) is 9.47 Å². The third kappa shape index (κ3) is 4.57. The van der Waals surface area contributed by atoms with Gasteiger partial charge in [0.1, 0.15) is 5.75 Å². The van der Waals surface area contributed by atoms with Crippen LogP contribution >= 0.6 is 8.58 Å². The van der Waals surface area contributed by atoms with Crippen LogP contribution in [0.1, 0.15) is 37.0 Å². The Labute approximate surface area is 154 Å². The van der Waals surface area contributed by atoms with E-state index in [1.54, 1.807) is 12.1 Å². The van der Waals surface area contributed by atoms with Crippen LogP contribution in [0.4, 0.5) is 13.2 Å². The molecule has 0 amide bonds. The molecule has 2 unspecified atom stereocenters. The van der Waals surface area contributed by atoms with Gasteiger partial charge in [0.2, 0.25) is 0 Å². The Kier molecular flexibility index (Phi) is 6.70. The Bertz CT molecular complexity index is 746. The maximum Gasteiger partial charge on any atom is 0.417 e. The molecule has 0 fully saturated rings. The van der Waals surface area contributed by atoms with Crippen LogP contribution in [-0.2, 0) is 16.1 Å². The number of benzene rings is 2. The van der Waals surface area contributed by atoms with E-state index in [0.29, 0.717) is 17.5 Å². The molecule has 0 aliphatic carbocycles. The molecule has 2 rings (SSSR count). The molecule has 6 heteroatoms. The number of rotatable bonds is 7. The topological polar surface area (TPSA) is 18.5 Å². The predicted octanol–water partition coefficient (Wildman–Crippen LogP) is 5.63. The minimum absolute atomic E-state index is 0.0446. The number of ether oxygens (including phenoxy) is 2. The van der Waals surface area contributed by atoms with Crippen molar-refractivity contribution in [1.29, 1.82) is 0 Å². The first-order chi connectivity index (χ1) is 12.2. The highest BCUT2D eigenvalue weighted by Gasteiger charge is 2.36. The van der Waals surface area contributed by atoms with Crippen LogP contribution < -0.4 is 10.0 Å². The SMILES string of the molecule is CCC(C)(Pc1ccccc1C(F)(F)F)c1cccc(C)c1OCOC. The number of para-hydroxylation sites is 1. The average molecular weight is 384 g/mol. The molecule has 2 aromatic carbocycles. The van der Waals surface area contributed by atoms with Crippen LogP contribution in [0, 0.1) is 6.92 Å². The van der Waals surface area contributed by atoms with Crippen molar-refractivity contribution in [1.82, 2.24) is 0 Å². The van der Waals surface area contributed by atoms with Gasteiger partial charge in [-0.05, 0) is 30.3 Å². The van der Waals surface area contributed by atoms with Crippen LogP contribution in [0.3, 0.4) is 0 Å². The molecule has 0 saturated heterocycles. The molecule has 26 heavy (non-hydrogen) atoms. The van der Waals surface area contributed by atoms with E-state index in [1.807, 2.05) is 39.0 Å². The van der Waals surface area contributed by atoms with Gasteiger partial charge in [-0.1, -0.05) is 58.8 Å². The lowest BCUT2D eigenvalue weighted by atomic mass is 9.94. The molecule has 0 bridgehead atoms. The summed E-state index contributed by atoms with van der Waals surface area (Å²) in [5, 5.41) is -0.153. The molecule has 0 N–H and O–H groups in total. The summed E-state index contributed by atoms with van der Waals surface area (Å²) in [5.41, 5.74) is 1.28. The van der Waals surface area contributed by atoms with Crippen LogP contribution in [0.2, 0.25) is 0 Å². The molecule has 2 atom stereocenters. The second-order valence-electron chi connectivity index (χ2n) is 6.36. The van der Waals surface area contributed by atoms with Crippen LogP contribution in [0.15, 0.2) is 42.5 Å². The number of halogens is 3. The third-order valence-electron chi connectivity index (χ3n) is 4.48. The zero-order chi connectivity index (χ0) is 19.4. The van der Waals surface area contributed by atoms with Gasteiger partial charge >= 0.3 is 6.18 Å². The highest BCUT2D eigenvalue weighted by Crippen LogP contribution is 2.49. The fraction of sp³-hybridized carbons (Fsp3) is 0.400. The number of alkyl halides is 3. The van der Waals surface area contributed by atoms with Gasteiger partial charge in [0.25, 0.3) is 0 Å².